The number of hydrogen-bond acceptors (Lipinski definition) is 3. The molecule has 3 nitrogen and oxygen atoms in total. The van der Waals surface area contributed by atoms with Gasteiger partial charge in [-0.15, -0.1) is 0 Å². The van der Waals surface area contributed by atoms with E-state index in [2.05, 4.69) is 32.2 Å². The molecule has 98 valence electrons. The van der Waals surface area contributed by atoms with Crippen molar-refractivity contribution in [3.8, 4) is 0 Å². The SMILES string of the molecule is Nc1cc(Br)cc(CNC2CCN(C3CC3)C2)c1. The van der Waals surface area contributed by atoms with Crippen molar-refractivity contribution in [3.05, 3.63) is 28.2 Å². The van der Waals surface area contributed by atoms with Crippen molar-refractivity contribution in [2.45, 2.75) is 37.9 Å². The molecule has 1 heterocycles. The largest absolute Gasteiger partial charge is 0.399 e. The summed E-state index contributed by atoms with van der Waals surface area (Å²) >= 11 is 3.49. The molecule has 3 rings (SSSR count). The molecule has 0 spiro atoms. The van der Waals surface area contributed by atoms with E-state index in [0.717, 1.165) is 22.7 Å². The highest BCUT2D eigenvalue weighted by atomic mass is 79.9. The molecule has 18 heavy (non-hydrogen) atoms. The molecule has 0 radical (unpaired) electrons. The summed E-state index contributed by atoms with van der Waals surface area (Å²) in [6.07, 6.45) is 4.10. The molecule has 1 aromatic rings. The lowest BCUT2D eigenvalue weighted by Gasteiger charge is -2.16. The second-order valence-electron chi connectivity index (χ2n) is 5.49. The maximum Gasteiger partial charge on any atom is 0.0328 e. The zero-order valence-electron chi connectivity index (χ0n) is 10.5. The van der Waals surface area contributed by atoms with Gasteiger partial charge in [-0.3, -0.25) is 4.90 Å². The third kappa shape index (κ3) is 3.05. The topological polar surface area (TPSA) is 41.3 Å². The predicted molar refractivity (Wildman–Crippen MR) is 78.4 cm³/mol. The van der Waals surface area contributed by atoms with E-state index < -0.39 is 0 Å². The Morgan fingerprint density at radius 1 is 1.28 bits per heavy atom. The van der Waals surface area contributed by atoms with E-state index >= 15 is 0 Å². The molecule has 2 aliphatic rings. The highest BCUT2D eigenvalue weighted by Crippen LogP contribution is 2.29. The number of nitrogens with zero attached hydrogens (tertiary/aromatic N) is 1. The summed E-state index contributed by atoms with van der Waals surface area (Å²) in [6, 6.07) is 7.67. The summed E-state index contributed by atoms with van der Waals surface area (Å²) in [5.74, 6) is 0. The zero-order chi connectivity index (χ0) is 12.5. The van der Waals surface area contributed by atoms with Gasteiger partial charge < -0.3 is 11.1 Å². The first kappa shape index (κ1) is 12.5. The fourth-order valence-corrected chi connectivity index (χ4v) is 3.32. The van der Waals surface area contributed by atoms with Crippen LogP contribution in [0.3, 0.4) is 0 Å². The van der Waals surface area contributed by atoms with Gasteiger partial charge >= 0.3 is 0 Å². The Morgan fingerprint density at radius 3 is 2.83 bits per heavy atom. The zero-order valence-corrected chi connectivity index (χ0v) is 12.1. The van der Waals surface area contributed by atoms with Crippen molar-refractivity contribution < 1.29 is 0 Å². The standard InChI is InChI=1S/C14H20BrN3/c15-11-5-10(6-12(16)7-11)8-17-13-3-4-18(9-13)14-1-2-14/h5-7,13-14,17H,1-4,8-9,16H2. The van der Waals surface area contributed by atoms with Crippen LogP contribution in [-0.4, -0.2) is 30.1 Å². The van der Waals surface area contributed by atoms with Crippen LogP contribution in [0.4, 0.5) is 5.69 Å². The van der Waals surface area contributed by atoms with Crippen molar-refractivity contribution in [2.75, 3.05) is 18.8 Å². The smallest absolute Gasteiger partial charge is 0.0328 e. The summed E-state index contributed by atoms with van der Waals surface area (Å²) in [5.41, 5.74) is 7.93. The minimum absolute atomic E-state index is 0.644. The van der Waals surface area contributed by atoms with E-state index in [1.807, 2.05) is 12.1 Å². The van der Waals surface area contributed by atoms with Crippen LogP contribution in [0.15, 0.2) is 22.7 Å². The van der Waals surface area contributed by atoms with Crippen molar-refractivity contribution in [1.29, 1.82) is 0 Å². The lowest BCUT2D eigenvalue weighted by Crippen LogP contribution is -2.32. The van der Waals surface area contributed by atoms with Crippen LogP contribution in [0.25, 0.3) is 0 Å². The third-order valence-corrected chi connectivity index (χ3v) is 4.32. The quantitative estimate of drug-likeness (QED) is 0.839. The number of halogens is 1. The van der Waals surface area contributed by atoms with Gasteiger partial charge in [0.25, 0.3) is 0 Å². The third-order valence-electron chi connectivity index (χ3n) is 3.86. The van der Waals surface area contributed by atoms with Crippen LogP contribution in [0.1, 0.15) is 24.8 Å². The minimum Gasteiger partial charge on any atom is -0.399 e. The molecule has 1 unspecified atom stereocenters. The number of anilines is 1. The molecule has 3 N–H and O–H groups in total. The van der Waals surface area contributed by atoms with E-state index in [9.17, 15) is 0 Å². The van der Waals surface area contributed by atoms with Gasteiger partial charge in [0.2, 0.25) is 0 Å². The van der Waals surface area contributed by atoms with Crippen molar-refractivity contribution in [2.24, 2.45) is 0 Å². The van der Waals surface area contributed by atoms with Gasteiger partial charge in [-0.2, -0.15) is 0 Å². The maximum atomic E-state index is 5.85. The van der Waals surface area contributed by atoms with E-state index in [4.69, 9.17) is 5.73 Å². The van der Waals surface area contributed by atoms with Crippen LogP contribution < -0.4 is 11.1 Å². The van der Waals surface area contributed by atoms with Gasteiger partial charge in [-0.25, -0.2) is 0 Å². The molecule has 1 aliphatic heterocycles. The summed E-state index contributed by atoms with van der Waals surface area (Å²) in [4.78, 5) is 2.63. The predicted octanol–water partition coefficient (Wildman–Crippen LogP) is 2.36. The van der Waals surface area contributed by atoms with Crippen LogP contribution in [0, 0.1) is 0 Å². The van der Waals surface area contributed by atoms with Crippen molar-refractivity contribution >= 4 is 21.6 Å². The fourth-order valence-electron chi connectivity index (χ4n) is 2.76. The fraction of sp³-hybridized carbons (Fsp3) is 0.571. The summed E-state index contributed by atoms with van der Waals surface area (Å²) < 4.78 is 1.06. The van der Waals surface area contributed by atoms with Crippen LogP contribution in [0.2, 0.25) is 0 Å². The van der Waals surface area contributed by atoms with Crippen LogP contribution in [0.5, 0.6) is 0 Å². The second-order valence-corrected chi connectivity index (χ2v) is 6.40. The summed E-state index contributed by atoms with van der Waals surface area (Å²) in [6.45, 7) is 3.39. The highest BCUT2D eigenvalue weighted by Gasteiger charge is 2.33. The van der Waals surface area contributed by atoms with Gasteiger partial charge in [-0.1, -0.05) is 15.9 Å². The molecular formula is C14H20BrN3. The Balaban J connectivity index is 1.51. The molecule has 0 bridgehead atoms. The van der Waals surface area contributed by atoms with E-state index in [1.54, 1.807) is 0 Å². The molecule has 4 heteroatoms. The molecule has 0 amide bonds. The average molecular weight is 310 g/mol. The molecule has 1 saturated carbocycles. The van der Waals surface area contributed by atoms with Gasteiger partial charge in [0.05, 0.1) is 0 Å². The Bertz CT molecular complexity index is 411. The first-order valence-electron chi connectivity index (χ1n) is 6.73. The lowest BCUT2D eigenvalue weighted by atomic mass is 10.2. The molecule has 1 aromatic carbocycles. The van der Waals surface area contributed by atoms with Gasteiger partial charge in [0, 0.05) is 41.9 Å². The molecule has 0 aromatic heterocycles. The van der Waals surface area contributed by atoms with E-state index in [1.165, 1.54) is 37.9 Å². The Kier molecular flexibility index (Phi) is 3.59. The first-order chi connectivity index (χ1) is 8.70. The van der Waals surface area contributed by atoms with Gasteiger partial charge in [0.1, 0.15) is 0 Å². The van der Waals surface area contributed by atoms with E-state index in [0.29, 0.717) is 6.04 Å². The lowest BCUT2D eigenvalue weighted by molar-refractivity contribution is 0.317. The molecule has 1 atom stereocenters. The highest BCUT2D eigenvalue weighted by molar-refractivity contribution is 9.10. The Morgan fingerprint density at radius 2 is 2.11 bits per heavy atom. The monoisotopic (exact) mass is 309 g/mol. The number of nitrogen functional groups attached to an aromatic ring is 1. The second kappa shape index (κ2) is 5.19. The van der Waals surface area contributed by atoms with Crippen LogP contribution >= 0.6 is 15.9 Å². The maximum absolute atomic E-state index is 5.85. The normalized spacial score (nSPS) is 24.6. The molecular weight excluding hydrogens is 290 g/mol. The number of hydrogen-bond donors (Lipinski definition) is 2. The number of likely N-dealkylation sites (tertiary alicyclic amines) is 1. The Labute approximate surface area is 117 Å². The molecule has 1 aliphatic carbocycles. The first-order valence-corrected chi connectivity index (χ1v) is 7.52. The average Bonchev–Trinajstić information content (AvgIpc) is 3.05. The number of nitrogens with two attached hydrogens (primary N) is 1. The van der Waals surface area contributed by atoms with Crippen molar-refractivity contribution in [1.82, 2.24) is 10.2 Å². The summed E-state index contributed by atoms with van der Waals surface area (Å²) in [5, 5.41) is 3.65. The van der Waals surface area contributed by atoms with Gasteiger partial charge in [-0.05, 0) is 43.0 Å². The molecule has 1 saturated heterocycles. The van der Waals surface area contributed by atoms with Crippen molar-refractivity contribution in [3.63, 3.8) is 0 Å². The summed E-state index contributed by atoms with van der Waals surface area (Å²) in [7, 11) is 0. The number of nitrogens with one attached hydrogen (secondary N) is 1. The number of benzene rings is 1. The number of rotatable bonds is 4. The minimum atomic E-state index is 0.644. The Hall–Kier alpha value is -0.580. The van der Waals surface area contributed by atoms with E-state index in [-0.39, 0.29) is 0 Å². The molecule has 2 fully saturated rings. The van der Waals surface area contributed by atoms with Crippen LogP contribution in [-0.2, 0) is 6.54 Å². The van der Waals surface area contributed by atoms with Gasteiger partial charge in [0.15, 0.2) is 0 Å².